The lowest BCUT2D eigenvalue weighted by molar-refractivity contribution is 0.446. The van der Waals surface area contributed by atoms with Crippen molar-refractivity contribution in [3.8, 4) is 11.8 Å². The Bertz CT molecular complexity index is 1380. The van der Waals surface area contributed by atoms with Gasteiger partial charge in [-0.15, -0.1) is 0 Å². The van der Waals surface area contributed by atoms with Gasteiger partial charge in [-0.3, -0.25) is 0 Å². The van der Waals surface area contributed by atoms with E-state index < -0.39 is 17.5 Å². The Morgan fingerprint density at radius 3 is 2.06 bits per heavy atom. The van der Waals surface area contributed by atoms with Gasteiger partial charge in [0, 0.05) is 11.1 Å². The van der Waals surface area contributed by atoms with Gasteiger partial charge in [-0.25, -0.2) is 13.2 Å². The lowest BCUT2D eigenvalue weighted by Gasteiger charge is -2.12. The second kappa shape index (κ2) is 11.3. The first kappa shape index (κ1) is 24.6. The third kappa shape index (κ3) is 5.77. The number of aryl methyl sites for hydroxylation is 4. The number of fused-ring (bicyclic) bond motifs is 1. The SMILES string of the molecule is CCCCc1ccc(CCc2ccc(C#Cc3cc(F)c(F)c(F)c3)c3ccccc23)c(CC)c1. The summed E-state index contributed by atoms with van der Waals surface area (Å²) in [6.45, 7) is 4.43. The number of unbranched alkanes of at least 4 members (excludes halogenated alkanes) is 1. The van der Waals surface area contributed by atoms with Crippen LogP contribution < -0.4 is 0 Å². The minimum atomic E-state index is -1.48. The van der Waals surface area contributed by atoms with E-state index in [2.05, 4.69) is 56.0 Å². The summed E-state index contributed by atoms with van der Waals surface area (Å²) in [6, 6.07) is 20.8. The van der Waals surface area contributed by atoms with E-state index in [-0.39, 0.29) is 5.56 Å². The van der Waals surface area contributed by atoms with Crippen molar-refractivity contribution in [3.05, 3.63) is 118 Å². The standard InChI is InChI=1S/C32H29F3/c1-3-5-8-22-11-13-25(24(4-2)19-22)15-16-27-18-17-26(28-9-6-7-10-29(27)28)14-12-23-20-30(33)32(35)31(34)21-23/h6-7,9-11,13,17-21H,3-5,8,15-16H2,1-2H3. The molecular formula is C32H29F3. The fourth-order valence-corrected chi connectivity index (χ4v) is 4.51. The average molecular weight is 471 g/mol. The van der Waals surface area contributed by atoms with E-state index in [1.807, 2.05) is 24.3 Å². The molecule has 0 aliphatic rings. The van der Waals surface area contributed by atoms with Crippen LogP contribution in [0, 0.1) is 29.3 Å². The number of rotatable bonds is 7. The van der Waals surface area contributed by atoms with Crippen molar-refractivity contribution in [2.75, 3.05) is 0 Å². The normalized spacial score (nSPS) is 10.9. The van der Waals surface area contributed by atoms with E-state index >= 15 is 0 Å². The molecule has 3 heteroatoms. The maximum atomic E-state index is 13.5. The van der Waals surface area contributed by atoms with Gasteiger partial charge in [-0.1, -0.05) is 80.6 Å². The van der Waals surface area contributed by atoms with Gasteiger partial charge in [0.15, 0.2) is 17.5 Å². The maximum Gasteiger partial charge on any atom is 0.194 e. The lowest BCUT2D eigenvalue weighted by Crippen LogP contribution is -1.99. The maximum absolute atomic E-state index is 13.5. The minimum absolute atomic E-state index is 0.101. The number of hydrogen-bond donors (Lipinski definition) is 0. The van der Waals surface area contributed by atoms with Gasteiger partial charge < -0.3 is 0 Å². The monoisotopic (exact) mass is 470 g/mol. The van der Waals surface area contributed by atoms with E-state index in [9.17, 15) is 13.2 Å². The molecule has 0 amide bonds. The van der Waals surface area contributed by atoms with E-state index in [1.165, 1.54) is 35.1 Å². The molecule has 0 aliphatic carbocycles. The fraction of sp³-hybridized carbons (Fsp3) is 0.250. The molecule has 0 N–H and O–H groups in total. The van der Waals surface area contributed by atoms with Crippen LogP contribution in [0.2, 0.25) is 0 Å². The second-order valence-electron chi connectivity index (χ2n) is 8.88. The molecule has 4 aromatic rings. The highest BCUT2D eigenvalue weighted by Crippen LogP contribution is 2.25. The van der Waals surface area contributed by atoms with Gasteiger partial charge in [0.05, 0.1) is 0 Å². The summed E-state index contributed by atoms with van der Waals surface area (Å²) in [5.74, 6) is 1.84. The molecule has 0 spiro atoms. The van der Waals surface area contributed by atoms with Gasteiger partial charge >= 0.3 is 0 Å². The molecule has 0 unspecified atom stereocenters. The van der Waals surface area contributed by atoms with Crippen LogP contribution in [-0.4, -0.2) is 0 Å². The van der Waals surface area contributed by atoms with Gasteiger partial charge in [0.25, 0.3) is 0 Å². The second-order valence-corrected chi connectivity index (χ2v) is 8.88. The number of hydrogen-bond acceptors (Lipinski definition) is 0. The Labute approximate surface area is 205 Å². The van der Waals surface area contributed by atoms with Crippen LogP contribution in [0.25, 0.3) is 10.8 Å². The van der Waals surface area contributed by atoms with E-state index in [1.54, 1.807) is 0 Å². The van der Waals surface area contributed by atoms with Crippen LogP contribution in [0.1, 0.15) is 60.1 Å². The molecule has 4 aromatic carbocycles. The summed E-state index contributed by atoms with van der Waals surface area (Å²) in [5.41, 5.74) is 6.34. The fourth-order valence-electron chi connectivity index (χ4n) is 4.51. The molecule has 35 heavy (non-hydrogen) atoms. The largest absolute Gasteiger partial charge is 0.204 e. The molecule has 0 heterocycles. The van der Waals surface area contributed by atoms with Crippen molar-refractivity contribution in [2.45, 2.75) is 52.4 Å². The van der Waals surface area contributed by atoms with Crippen LogP contribution in [0.15, 0.2) is 66.7 Å². The minimum Gasteiger partial charge on any atom is -0.204 e. The summed E-state index contributed by atoms with van der Waals surface area (Å²) in [6.07, 6.45) is 6.44. The molecule has 0 nitrogen and oxygen atoms in total. The van der Waals surface area contributed by atoms with Crippen LogP contribution in [0.4, 0.5) is 13.2 Å². The first-order valence-corrected chi connectivity index (χ1v) is 12.3. The Kier molecular flexibility index (Phi) is 7.93. The van der Waals surface area contributed by atoms with E-state index in [0.29, 0.717) is 0 Å². The third-order valence-electron chi connectivity index (χ3n) is 6.47. The zero-order chi connectivity index (χ0) is 24.8. The molecule has 0 bridgehead atoms. The smallest absolute Gasteiger partial charge is 0.194 e. The first-order valence-electron chi connectivity index (χ1n) is 12.3. The highest BCUT2D eigenvalue weighted by atomic mass is 19.2. The predicted molar refractivity (Wildman–Crippen MR) is 138 cm³/mol. The topological polar surface area (TPSA) is 0 Å². The molecule has 0 aromatic heterocycles. The van der Waals surface area contributed by atoms with Crippen molar-refractivity contribution < 1.29 is 13.2 Å². The van der Waals surface area contributed by atoms with Gasteiger partial charge in [0.1, 0.15) is 0 Å². The van der Waals surface area contributed by atoms with Crippen LogP contribution >= 0.6 is 0 Å². The van der Waals surface area contributed by atoms with E-state index in [0.717, 1.165) is 54.2 Å². The van der Waals surface area contributed by atoms with Crippen molar-refractivity contribution in [2.24, 2.45) is 0 Å². The summed E-state index contributed by atoms with van der Waals surface area (Å²) < 4.78 is 40.3. The molecule has 0 atom stereocenters. The zero-order valence-corrected chi connectivity index (χ0v) is 20.2. The van der Waals surface area contributed by atoms with Crippen molar-refractivity contribution in [1.82, 2.24) is 0 Å². The molecular weight excluding hydrogens is 441 g/mol. The molecule has 0 saturated heterocycles. The van der Waals surface area contributed by atoms with Crippen molar-refractivity contribution >= 4 is 10.8 Å². The molecule has 0 fully saturated rings. The highest BCUT2D eigenvalue weighted by Gasteiger charge is 2.10. The third-order valence-corrected chi connectivity index (χ3v) is 6.47. The van der Waals surface area contributed by atoms with Crippen LogP contribution in [-0.2, 0) is 25.7 Å². The quantitative estimate of drug-likeness (QED) is 0.188. The Morgan fingerprint density at radius 2 is 1.34 bits per heavy atom. The van der Waals surface area contributed by atoms with Gasteiger partial charge in [0.2, 0.25) is 0 Å². The predicted octanol–water partition coefficient (Wildman–Crippen LogP) is 8.35. The van der Waals surface area contributed by atoms with Crippen LogP contribution in [0.5, 0.6) is 0 Å². The summed E-state index contributed by atoms with van der Waals surface area (Å²) in [4.78, 5) is 0. The summed E-state index contributed by atoms with van der Waals surface area (Å²) in [7, 11) is 0. The Hall–Kier alpha value is -3.51. The molecule has 178 valence electrons. The van der Waals surface area contributed by atoms with Crippen LogP contribution in [0.3, 0.4) is 0 Å². The Balaban J connectivity index is 1.60. The van der Waals surface area contributed by atoms with Crippen molar-refractivity contribution in [1.29, 1.82) is 0 Å². The number of halogens is 3. The van der Waals surface area contributed by atoms with Gasteiger partial charge in [-0.05, 0) is 83.3 Å². The summed E-state index contributed by atoms with van der Waals surface area (Å²) in [5, 5.41) is 2.11. The lowest BCUT2D eigenvalue weighted by atomic mass is 9.92. The zero-order valence-electron chi connectivity index (χ0n) is 20.2. The summed E-state index contributed by atoms with van der Waals surface area (Å²) >= 11 is 0. The molecule has 0 saturated carbocycles. The highest BCUT2D eigenvalue weighted by molar-refractivity contribution is 5.91. The average Bonchev–Trinajstić information content (AvgIpc) is 2.88. The first-order chi connectivity index (χ1) is 17.0. The van der Waals surface area contributed by atoms with Gasteiger partial charge in [-0.2, -0.15) is 0 Å². The molecule has 0 radical (unpaired) electrons. The molecule has 4 rings (SSSR count). The van der Waals surface area contributed by atoms with E-state index in [4.69, 9.17) is 0 Å². The Morgan fingerprint density at radius 1 is 0.657 bits per heavy atom. The molecule has 0 aliphatic heterocycles. The van der Waals surface area contributed by atoms with Crippen molar-refractivity contribution in [3.63, 3.8) is 0 Å². The number of benzene rings is 4.